The van der Waals surface area contributed by atoms with Gasteiger partial charge in [0.05, 0.1) is 21.3 Å². The van der Waals surface area contributed by atoms with Crippen LogP contribution in [-0.4, -0.2) is 15.7 Å². The molecule has 5 nitrogen and oxygen atoms in total. The van der Waals surface area contributed by atoms with Crippen molar-refractivity contribution in [1.29, 1.82) is 0 Å². The molecule has 1 aromatic heterocycles. The van der Waals surface area contributed by atoms with E-state index in [0.717, 1.165) is 6.07 Å². The lowest BCUT2D eigenvalue weighted by atomic mass is 10.2. The van der Waals surface area contributed by atoms with Crippen LogP contribution in [-0.2, 0) is 6.18 Å². The second kappa shape index (κ2) is 7.88. The van der Waals surface area contributed by atoms with Crippen molar-refractivity contribution in [2.75, 3.05) is 5.32 Å². The number of carbonyl (C=O) groups is 1. The van der Waals surface area contributed by atoms with Gasteiger partial charge in [0.25, 0.3) is 5.91 Å². The Bertz CT molecular complexity index is 1160. The topological polar surface area (TPSA) is 64.0 Å². The molecular formula is C19H12Cl2F3N3O2. The average molecular weight is 442 g/mol. The van der Waals surface area contributed by atoms with E-state index in [2.05, 4.69) is 10.4 Å². The number of hydrogen-bond acceptors (Lipinski definition) is 3. The number of amides is 1. The third-order valence-corrected chi connectivity index (χ3v) is 4.58. The van der Waals surface area contributed by atoms with Crippen LogP contribution in [0.25, 0.3) is 5.69 Å². The highest BCUT2D eigenvalue weighted by molar-refractivity contribution is 6.32. The molecule has 0 saturated carbocycles. The first-order chi connectivity index (χ1) is 13.6. The summed E-state index contributed by atoms with van der Waals surface area (Å²) in [4.78, 5) is 24.8. The van der Waals surface area contributed by atoms with E-state index >= 15 is 0 Å². The number of rotatable bonds is 3. The lowest BCUT2D eigenvalue weighted by molar-refractivity contribution is -0.137. The summed E-state index contributed by atoms with van der Waals surface area (Å²) in [6.45, 7) is 1.61. The Morgan fingerprint density at radius 3 is 2.41 bits per heavy atom. The Hall–Kier alpha value is -2.84. The molecule has 0 spiro atoms. The fourth-order valence-corrected chi connectivity index (χ4v) is 3.02. The number of hydrogen-bond donors (Lipinski definition) is 1. The number of alkyl halides is 3. The second-order valence-electron chi connectivity index (χ2n) is 6.01. The van der Waals surface area contributed by atoms with E-state index in [-0.39, 0.29) is 5.69 Å². The van der Waals surface area contributed by atoms with Gasteiger partial charge in [-0.2, -0.15) is 18.3 Å². The van der Waals surface area contributed by atoms with Gasteiger partial charge in [-0.1, -0.05) is 35.3 Å². The van der Waals surface area contributed by atoms with E-state index in [1.807, 2.05) is 0 Å². The fraction of sp³-hybridized carbons (Fsp3) is 0.105. The molecule has 150 valence electrons. The van der Waals surface area contributed by atoms with Gasteiger partial charge in [0, 0.05) is 17.4 Å². The van der Waals surface area contributed by atoms with Crippen molar-refractivity contribution in [3.05, 3.63) is 85.8 Å². The van der Waals surface area contributed by atoms with Crippen LogP contribution >= 0.6 is 23.2 Å². The number of nitrogens with zero attached hydrogens (tertiary/aromatic N) is 2. The molecule has 1 heterocycles. The average Bonchev–Trinajstić information content (AvgIpc) is 2.63. The first-order valence-corrected chi connectivity index (χ1v) is 8.87. The summed E-state index contributed by atoms with van der Waals surface area (Å²) in [7, 11) is 0. The molecule has 1 N–H and O–H groups in total. The largest absolute Gasteiger partial charge is 0.417 e. The zero-order chi connectivity index (χ0) is 21.3. The number of halogens is 5. The zero-order valence-corrected chi connectivity index (χ0v) is 16.2. The Balaban J connectivity index is 2.00. The van der Waals surface area contributed by atoms with Gasteiger partial charge in [-0.05, 0) is 37.3 Å². The first kappa shape index (κ1) is 20.9. The smallest absolute Gasteiger partial charge is 0.320 e. The minimum Gasteiger partial charge on any atom is -0.320 e. The molecule has 0 radical (unpaired) electrons. The summed E-state index contributed by atoms with van der Waals surface area (Å²) in [6, 6.07) is 10.7. The van der Waals surface area contributed by atoms with Crippen molar-refractivity contribution >= 4 is 34.8 Å². The van der Waals surface area contributed by atoms with Gasteiger partial charge >= 0.3 is 6.18 Å². The summed E-state index contributed by atoms with van der Waals surface area (Å²) in [6.07, 6.45) is -4.70. The maximum atomic E-state index is 13.0. The van der Waals surface area contributed by atoms with Crippen LogP contribution in [0.15, 0.2) is 53.3 Å². The van der Waals surface area contributed by atoms with Crippen LogP contribution in [0.3, 0.4) is 0 Å². The molecule has 0 saturated heterocycles. The first-order valence-electron chi connectivity index (χ1n) is 8.12. The Labute approximate surface area is 172 Å². The van der Waals surface area contributed by atoms with Gasteiger partial charge < -0.3 is 5.32 Å². The molecule has 3 rings (SSSR count). The van der Waals surface area contributed by atoms with Crippen molar-refractivity contribution in [3.63, 3.8) is 0 Å². The lowest BCUT2D eigenvalue weighted by Gasteiger charge is -2.13. The molecule has 1 amide bonds. The zero-order valence-electron chi connectivity index (χ0n) is 14.7. The van der Waals surface area contributed by atoms with Crippen molar-refractivity contribution in [3.8, 4) is 5.69 Å². The normalized spacial score (nSPS) is 11.4. The fourth-order valence-electron chi connectivity index (χ4n) is 2.58. The van der Waals surface area contributed by atoms with Crippen molar-refractivity contribution in [2.24, 2.45) is 0 Å². The van der Waals surface area contributed by atoms with Crippen LogP contribution in [0.4, 0.5) is 18.9 Å². The number of aryl methyl sites for hydroxylation is 1. The number of carbonyl (C=O) groups excluding carboxylic acids is 1. The SMILES string of the molecule is Cc1cc(=O)c(C(=O)Nc2ccc(Cl)c(C(F)(F)F)c2)nn1-c1ccccc1Cl. The van der Waals surface area contributed by atoms with Crippen LogP contribution in [0.5, 0.6) is 0 Å². The van der Waals surface area contributed by atoms with Crippen molar-refractivity contribution < 1.29 is 18.0 Å². The molecule has 0 aliphatic heterocycles. The Kier molecular flexibility index (Phi) is 5.68. The van der Waals surface area contributed by atoms with Crippen molar-refractivity contribution in [2.45, 2.75) is 13.1 Å². The van der Waals surface area contributed by atoms with Crippen LogP contribution in [0.2, 0.25) is 10.0 Å². The molecule has 10 heteroatoms. The second-order valence-corrected chi connectivity index (χ2v) is 6.82. The minimum atomic E-state index is -4.70. The molecule has 2 aromatic carbocycles. The molecular weight excluding hydrogens is 430 g/mol. The summed E-state index contributed by atoms with van der Waals surface area (Å²) in [5.74, 6) is -0.966. The Morgan fingerprint density at radius 1 is 1.07 bits per heavy atom. The summed E-state index contributed by atoms with van der Waals surface area (Å²) < 4.78 is 40.3. The van der Waals surface area contributed by atoms with Crippen LogP contribution in [0, 0.1) is 6.92 Å². The van der Waals surface area contributed by atoms with Gasteiger partial charge in [0.2, 0.25) is 5.43 Å². The van der Waals surface area contributed by atoms with Crippen LogP contribution < -0.4 is 10.7 Å². The van der Waals surface area contributed by atoms with E-state index in [1.165, 1.54) is 16.8 Å². The molecule has 0 unspecified atom stereocenters. The van der Waals surface area contributed by atoms with Crippen molar-refractivity contribution in [1.82, 2.24) is 9.78 Å². The minimum absolute atomic E-state index is 0.183. The molecule has 29 heavy (non-hydrogen) atoms. The third kappa shape index (κ3) is 4.44. The van der Waals surface area contributed by atoms with E-state index in [0.29, 0.717) is 22.5 Å². The van der Waals surface area contributed by atoms with Gasteiger partial charge in [-0.15, -0.1) is 0 Å². The highest BCUT2D eigenvalue weighted by Gasteiger charge is 2.33. The van der Waals surface area contributed by atoms with E-state index < -0.39 is 33.8 Å². The number of aromatic nitrogens is 2. The molecule has 0 bridgehead atoms. The van der Waals surface area contributed by atoms with E-state index in [4.69, 9.17) is 23.2 Å². The quantitative estimate of drug-likeness (QED) is 0.613. The summed E-state index contributed by atoms with van der Waals surface area (Å²) in [5, 5.41) is 6.12. The Morgan fingerprint density at radius 2 is 1.76 bits per heavy atom. The summed E-state index contributed by atoms with van der Waals surface area (Å²) in [5.41, 5.74) is -1.62. The number of anilines is 1. The monoisotopic (exact) mass is 441 g/mol. The van der Waals surface area contributed by atoms with Gasteiger partial charge in [-0.25, -0.2) is 4.68 Å². The number of para-hydroxylation sites is 1. The summed E-state index contributed by atoms with van der Waals surface area (Å²) >= 11 is 11.7. The number of nitrogens with one attached hydrogen (secondary N) is 1. The molecule has 0 fully saturated rings. The highest BCUT2D eigenvalue weighted by Crippen LogP contribution is 2.36. The molecule has 0 aliphatic rings. The standard InChI is InChI=1S/C19H12Cl2F3N3O2/c1-10-8-16(28)17(26-27(10)15-5-3-2-4-14(15)21)18(29)25-11-6-7-13(20)12(9-11)19(22,23)24/h2-9H,1H3,(H,25,29). The highest BCUT2D eigenvalue weighted by atomic mass is 35.5. The number of benzene rings is 2. The third-order valence-electron chi connectivity index (χ3n) is 3.93. The predicted molar refractivity (Wildman–Crippen MR) is 104 cm³/mol. The van der Waals surface area contributed by atoms with Crippen LogP contribution in [0.1, 0.15) is 21.7 Å². The van der Waals surface area contributed by atoms with Gasteiger partial charge in [-0.3, -0.25) is 9.59 Å². The van der Waals surface area contributed by atoms with E-state index in [1.54, 1.807) is 31.2 Å². The predicted octanol–water partition coefficient (Wildman–Crippen LogP) is 5.12. The maximum Gasteiger partial charge on any atom is 0.417 e. The van der Waals surface area contributed by atoms with Gasteiger partial charge in [0.1, 0.15) is 0 Å². The maximum absolute atomic E-state index is 13.0. The lowest BCUT2D eigenvalue weighted by Crippen LogP contribution is -2.27. The molecule has 0 aliphatic carbocycles. The van der Waals surface area contributed by atoms with E-state index in [9.17, 15) is 22.8 Å². The van der Waals surface area contributed by atoms with Gasteiger partial charge in [0.15, 0.2) is 5.69 Å². The molecule has 0 atom stereocenters. The molecule has 3 aromatic rings.